The van der Waals surface area contributed by atoms with Gasteiger partial charge in [0.1, 0.15) is 0 Å². The van der Waals surface area contributed by atoms with Crippen molar-refractivity contribution in [2.75, 3.05) is 0 Å². The normalized spacial score (nSPS) is 36.0. The molecule has 0 heterocycles. The molecular formula is C20H26ClNO. The van der Waals surface area contributed by atoms with Crippen molar-refractivity contribution in [1.82, 2.24) is 5.32 Å². The molecule has 5 rings (SSSR count). The zero-order valence-corrected chi connectivity index (χ0v) is 14.6. The summed E-state index contributed by atoms with van der Waals surface area (Å²) < 4.78 is 0. The van der Waals surface area contributed by atoms with Gasteiger partial charge >= 0.3 is 0 Å². The molecule has 4 saturated carbocycles. The third-order valence-electron chi connectivity index (χ3n) is 6.66. The molecule has 1 N–H and O–H groups in total. The molecule has 1 aromatic carbocycles. The lowest BCUT2D eigenvalue weighted by atomic mass is 9.48. The molecule has 0 unspecified atom stereocenters. The first-order chi connectivity index (χ1) is 11.0. The van der Waals surface area contributed by atoms with Gasteiger partial charge in [0, 0.05) is 11.1 Å². The zero-order chi connectivity index (χ0) is 16.0. The molecular weight excluding hydrogens is 306 g/mol. The molecule has 4 aliphatic rings. The van der Waals surface area contributed by atoms with Gasteiger partial charge in [-0.05, 0) is 86.3 Å². The summed E-state index contributed by atoms with van der Waals surface area (Å²) in [6.45, 7) is 2.24. The molecule has 124 valence electrons. The Kier molecular flexibility index (Phi) is 3.91. The molecule has 4 aliphatic carbocycles. The number of carbonyl (C=O) groups excluding carboxylic acids is 1. The molecule has 0 aromatic heterocycles. The zero-order valence-electron chi connectivity index (χ0n) is 13.9. The first-order valence-electron chi connectivity index (χ1n) is 9.06. The van der Waals surface area contributed by atoms with Crippen molar-refractivity contribution >= 4 is 17.5 Å². The highest BCUT2D eigenvalue weighted by Gasteiger charge is 2.53. The molecule has 0 saturated heterocycles. The highest BCUT2D eigenvalue weighted by atomic mass is 35.5. The van der Waals surface area contributed by atoms with Gasteiger partial charge in [-0.25, -0.2) is 0 Å². The molecule has 3 heteroatoms. The molecule has 0 aliphatic heterocycles. The molecule has 0 spiro atoms. The topological polar surface area (TPSA) is 29.1 Å². The van der Waals surface area contributed by atoms with Crippen LogP contribution in [0.25, 0.3) is 0 Å². The first-order valence-corrected chi connectivity index (χ1v) is 9.44. The number of benzene rings is 1. The predicted octanol–water partition coefficient (Wildman–Crippen LogP) is 4.60. The van der Waals surface area contributed by atoms with E-state index < -0.39 is 0 Å². The second-order valence-electron chi connectivity index (χ2n) is 8.37. The fourth-order valence-electron chi connectivity index (χ4n) is 5.94. The van der Waals surface area contributed by atoms with E-state index in [9.17, 15) is 4.79 Å². The van der Waals surface area contributed by atoms with Crippen LogP contribution in [0, 0.1) is 23.2 Å². The minimum atomic E-state index is 0.149. The van der Waals surface area contributed by atoms with Crippen molar-refractivity contribution in [1.29, 1.82) is 0 Å². The average Bonchev–Trinajstić information content (AvgIpc) is 2.48. The average molecular weight is 332 g/mol. The molecule has 23 heavy (non-hydrogen) atoms. The summed E-state index contributed by atoms with van der Waals surface area (Å²) in [5, 5.41) is 4.05. The lowest BCUT2D eigenvalue weighted by Gasteiger charge is -2.59. The van der Waals surface area contributed by atoms with Crippen LogP contribution in [0.2, 0.25) is 5.02 Å². The number of nitrogens with one attached hydrogen (secondary N) is 1. The van der Waals surface area contributed by atoms with E-state index in [0.29, 0.717) is 17.9 Å². The number of halogens is 1. The van der Waals surface area contributed by atoms with Gasteiger partial charge in [0.25, 0.3) is 0 Å². The summed E-state index contributed by atoms with van der Waals surface area (Å²) in [6.07, 6.45) is 8.80. The Balaban J connectivity index is 1.40. The summed E-state index contributed by atoms with van der Waals surface area (Å²) in [4.78, 5) is 12.5. The van der Waals surface area contributed by atoms with Gasteiger partial charge in [0.2, 0.25) is 5.91 Å². The smallest absolute Gasteiger partial charge is 0.224 e. The third-order valence-corrected chi connectivity index (χ3v) is 6.91. The molecule has 1 atom stereocenters. The van der Waals surface area contributed by atoms with E-state index in [2.05, 4.69) is 12.2 Å². The summed E-state index contributed by atoms with van der Waals surface area (Å²) in [5.41, 5.74) is 1.41. The Hall–Kier alpha value is -1.02. The van der Waals surface area contributed by atoms with Crippen molar-refractivity contribution in [3.63, 3.8) is 0 Å². The molecule has 4 fully saturated rings. The van der Waals surface area contributed by atoms with Gasteiger partial charge < -0.3 is 5.32 Å². The number of hydrogen-bond acceptors (Lipinski definition) is 1. The summed E-state index contributed by atoms with van der Waals surface area (Å²) in [7, 11) is 0. The lowest BCUT2D eigenvalue weighted by Crippen LogP contribution is -2.56. The van der Waals surface area contributed by atoms with Gasteiger partial charge in [-0.2, -0.15) is 0 Å². The Labute approximate surface area is 144 Å². The van der Waals surface area contributed by atoms with E-state index in [-0.39, 0.29) is 5.91 Å². The first kappa shape index (κ1) is 15.5. The maximum Gasteiger partial charge on any atom is 0.224 e. The fourth-order valence-corrected chi connectivity index (χ4v) is 6.07. The van der Waals surface area contributed by atoms with Crippen LogP contribution in [0.5, 0.6) is 0 Å². The van der Waals surface area contributed by atoms with Crippen LogP contribution in [0.15, 0.2) is 24.3 Å². The fraction of sp³-hybridized carbons (Fsp3) is 0.650. The van der Waals surface area contributed by atoms with Gasteiger partial charge in [-0.15, -0.1) is 0 Å². The van der Waals surface area contributed by atoms with E-state index in [1.165, 1.54) is 38.5 Å². The van der Waals surface area contributed by atoms with Crippen LogP contribution in [0.4, 0.5) is 0 Å². The van der Waals surface area contributed by atoms with Gasteiger partial charge in [0.05, 0.1) is 6.42 Å². The van der Waals surface area contributed by atoms with Gasteiger partial charge in [-0.3, -0.25) is 4.79 Å². The Morgan fingerprint density at radius 2 is 1.65 bits per heavy atom. The van der Waals surface area contributed by atoms with Crippen molar-refractivity contribution in [2.45, 2.75) is 57.9 Å². The molecule has 2 nitrogen and oxygen atoms in total. The highest BCUT2D eigenvalue weighted by molar-refractivity contribution is 6.30. The molecule has 4 bridgehead atoms. The van der Waals surface area contributed by atoms with E-state index in [1.54, 1.807) is 0 Å². The quantitative estimate of drug-likeness (QED) is 0.858. The second kappa shape index (κ2) is 5.81. The van der Waals surface area contributed by atoms with E-state index >= 15 is 0 Å². The van der Waals surface area contributed by atoms with Gasteiger partial charge in [-0.1, -0.05) is 23.7 Å². The lowest BCUT2D eigenvalue weighted by molar-refractivity contribution is -0.125. The Morgan fingerprint density at radius 3 is 2.17 bits per heavy atom. The third kappa shape index (κ3) is 3.03. The SMILES string of the molecule is C[C@@H](NC(=O)Cc1ccc(Cl)cc1)C12CC3CC(CC(C3)C1)C2. The van der Waals surface area contributed by atoms with Crippen molar-refractivity contribution < 1.29 is 4.79 Å². The standard InChI is InChI=1S/C20H26ClNO/c1-13(22-19(23)9-14-2-4-18(21)5-3-14)20-10-15-6-16(11-20)8-17(7-15)12-20/h2-5,13,15-17H,6-12H2,1H3,(H,22,23)/t13-,15?,16?,17?,20?/m1/s1. The van der Waals surface area contributed by atoms with Crippen LogP contribution < -0.4 is 5.32 Å². The molecule has 1 amide bonds. The number of hydrogen-bond donors (Lipinski definition) is 1. The van der Waals surface area contributed by atoms with E-state index in [0.717, 1.165) is 28.3 Å². The van der Waals surface area contributed by atoms with Crippen LogP contribution in [0.1, 0.15) is 51.0 Å². The summed E-state index contributed by atoms with van der Waals surface area (Å²) in [5.74, 6) is 2.93. The van der Waals surface area contributed by atoms with Crippen molar-refractivity contribution in [3.05, 3.63) is 34.9 Å². The highest BCUT2D eigenvalue weighted by Crippen LogP contribution is 2.61. The summed E-state index contributed by atoms with van der Waals surface area (Å²) in [6, 6.07) is 7.89. The largest absolute Gasteiger partial charge is 0.353 e. The van der Waals surface area contributed by atoms with Gasteiger partial charge in [0.15, 0.2) is 0 Å². The minimum absolute atomic E-state index is 0.149. The minimum Gasteiger partial charge on any atom is -0.353 e. The van der Waals surface area contributed by atoms with E-state index in [1.807, 2.05) is 24.3 Å². The maximum atomic E-state index is 12.5. The summed E-state index contributed by atoms with van der Waals surface area (Å²) >= 11 is 5.91. The van der Waals surface area contributed by atoms with Crippen LogP contribution in [-0.2, 0) is 11.2 Å². The Bertz CT molecular complexity index is 559. The molecule has 1 aromatic rings. The predicted molar refractivity (Wildman–Crippen MR) is 93.4 cm³/mol. The molecule has 0 radical (unpaired) electrons. The number of carbonyl (C=O) groups is 1. The van der Waals surface area contributed by atoms with Crippen LogP contribution >= 0.6 is 11.6 Å². The van der Waals surface area contributed by atoms with Crippen molar-refractivity contribution in [3.8, 4) is 0 Å². The number of amides is 1. The van der Waals surface area contributed by atoms with Crippen LogP contribution in [0.3, 0.4) is 0 Å². The number of rotatable bonds is 4. The monoisotopic (exact) mass is 331 g/mol. The second-order valence-corrected chi connectivity index (χ2v) is 8.81. The maximum absolute atomic E-state index is 12.5. The Morgan fingerprint density at radius 1 is 1.13 bits per heavy atom. The van der Waals surface area contributed by atoms with Crippen molar-refractivity contribution in [2.24, 2.45) is 23.2 Å². The van der Waals surface area contributed by atoms with Crippen LogP contribution in [-0.4, -0.2) is 11.9 Å². The van der Waals surface area contributed by atoms with E-state index in [4.69, 9.17) is 11.6 Å².